The number of benzene rings is 3. The molecule has 0 bridgehead atoms. The summed E-state index contributed by atoms with van der Waals surface area (Å²) in [6, 6.07) is 20.9. The van der Waals surface area contributed by atoms with Gasteiger partial charge in [0.1, 0.15) is 11.9 Å². The van der Waals surface area contributed by atoms with Gasteiger partial charge in [-0.2, -0.15) is 13.2 Å². The van der Waals surface area contributed by atoms with Crippen molar-refractivity contribution < 1.29 is 22.8 Å². The minimum atomic E-state index is -4.60. The van der Waals surface area contributed by atoms with Crippen LogP contribution in [0, 0.1) is 0 Å². The Morgan fingerprint density at radius 1 is 0.972 bits per heavy atom. The van der Waals surface area contributed by atoms with E-state index in [1.54, 1.807) is 12.1 Å². The van der Waals surface area contributed by atoms with Crippen LogP contribution >= 0.6 is 11.8 Å². The molecular formula is C26H19F3N4O2S. The molecule has 0 radical (unpaired) electrons. The molecule has 0 saturated carbocycles. The van der Waals surface area contributed by atoms with Gasteiger partial charge in [0.15, 0.2) is 5.17 Å². The van der Waals surface area contributed by atoms with Crippen LogP contribution < -0.4 is 5.32 Å². The highest BCUT2D eigenvalue weighted by Crippen LogP contribution is 2.36. The van der Waals surface area contributed by atoms with Crippen LogP contribution in [0.15, 0.2) is 88.8 Å². The Hall–Kier alpha value is -3.92. The zero-order valence-corrected chi connectivity index (χ0v) is 19.5. The van der Waals surface area contributed by atoms with Gasteiger partial charge in [-0.05, 0) is 29.8 Å². The van der Waals surface area contributed by atoms with E-state index in [4.69, 9.17) is 0 Å². The Morgan fingerprint density at radius 3 is 2.44 bits per heavy atom. The van der Waals surface area contributed by atoms with Crippen molar-refractivity contribution in [3.05, 3.63) is 95.6 Å². The van der Waals surface area contributed by atoms with Gasteiger partial charge in [0, 0.05) is 12.0 Å². The quantitative estimate of drug-likeness (QED) is 0.510. The predicted molar refractivity (Wildman–Crippen MR) is 133 cm³/mol. The number of nitrogens with one attached hydrogen (secondary N) is 1. The van der Waals surface area contributed by atoms with Crippen molar-refractivity contribution in [2.45, 2.75) is 18.6 Å². The molecule has 0 spiro atoms. The Kier molecular flexibility index (Phi) is 6.36. The maximum absolute atomic E-state index is 13.3. The molecule has 3 aromatic rings. The van der Waals surface area contributed by atoms with Crippen molar-refractivity contribution in [1.29, 1.82) is 0 Å². The third-order valence-corrected chi connectivity index (χ3v) is 6.60. The fourth-order valence-corrected chi connectivity index (χ4v) is 4.83. The second-order valence-corrected chi connectivity index (χ2v) is 9.07. The SMILES string of the molecule is O=C(CSC1=Nc2ccccc2C2=N[C@H](Cc3ccccc3)C(=O)N12)Nc1ccccc1C(F)(F)F. The number of amidine groups is 2. The smallest absolute Gasteiger partial charge is 0.325 e. The van der Waals surface area contributed by atoms with E-state index < -0.39 is 23.7 Å². The van der Waals surface area contributed by atoms with Crippen molar-refractivity contribution in [1.82, 2.24) is 4.90 Å². The average molecular weight is 509 g/mol. The van der Waals surface area contributed by atoms with E-state index in [1.807, 2.05) is 42.5 Å². The van der Waals surface area contributed by atoms with Crippen molar-refractivity contribution >= 4 is 46.0 Å². The number of alkyl halides is 3. The van der Waals surface area contributed by atoms with Gasteiger partial charge >= 0.3 is 6.18 Å². The van der Waals surface area contributed by atoms with Gasteiger partial charge in [-0.1, -0.05) is 66.4 Å². The number of thioether (sulfide) groups is 1. The summed E-state index contributed by atoms with van der Waals surface area (Å²) in [5, 5.41) is 2.58. The number of fused-ring (bicyclic) bond motifs is 3. The minimum Gasteiger partial charge on any atom is -0.325 e. The number of rotatable bonds is 5. The van der Waals surface area contributed by atoms with Crippen LogP contribution in [0.1, 0.15) is 16.7 Å². The van der Waals surface area contributed by atoms with Crippen LogP contribution in [0.4, 0.5) is 24.5 Å². The number of hydrogen-bond acceptors (Lipinski definition) is 5. The first kappa shape index (κ1) is 23.8. The molecule has 3 aromatic carbocycles. The summed E-state index contributed by atoms with van der Waals surface area (Å²) in [7, 11) is 0. The first-order chi connectivity index (χ1) is 17.3. The molecule has 1 N–H and O–H groups in total. The summed E-state index contributed by atoms with van der Waals surface area (Å²) in [6.45, 7) is 0. The van der Waals surface area contributed by atoms with E-state index in [2.05, 4.69) is 15.3 Å². The normalized spacial score (nSPS) is 16.7. The van der Waals surface area contributed by atoms with E-state index >= 15 is 0 Å². The molecule has 6 nitrogen and oxygen atoms in total. The van der Waals surface area contributed by atoms with Gasteiger partial charge in [-0.15, -0.1) is 0 Å². The molecule has 0 aliphatic carbocycles. The summed E-state index contributed by atoms with van der Waals surface area (Å²) in [4.78, 5) is 36.6. The standard InChI is InChI=1S/C26H19F3N4O2S/c27-26(28,29)18-11-5-7-13-20(18)30-22(34)15-36-25-32-19-12-6-4-10-17(19)23-31-21(24(35)33(23)25)14-16-8-2-1-3-9-16/h1-13,21H,14-15H2,(H,30,34)/t21-/m1/s1. The molecule has 2 amide bonds. The molecule has 1 atom stereocenters. The maximum Gasteiger partial charge on any atom is 0.418 e. The van der Waals surface area contributed by atoms with Gasteiger partial charge in [-0.25, -0.2) is 9.89 Å². The summed E-state index contributed by atoms with van der Waals surface area (Å²) in [5.74, 6) is -0.702. The third kappa shape index (κ3) is 4.76. The monoisotopic (exact) mass is 508 g/mol. The predicted octanol–water partition coefficient (Wildman–Crippen LogP) is 5.28. The summed E-state index contributed by atoms with van der Waals surface area (Å²) < 4.78 is 39.8. The number of halogens is 3. The summed E-state index contributed by atoms with van der Waals surface area (Å²) >= 11 is 0.971. The van der Waals surface area contributed by atoms with Crippen LogP contribution in [0.3, 0.4) is 0 Å². The van der Waals surface area contributed by atoms with Crippen molar-refractivity contribution in [3.8, 4) is 0 Å². The molecule has 2 heterocycles. The lowest BCUT2D eigenvalue weighted by Gasteiger charge is -2.25. The number of aliphatic imine (C=N–C) groups is 2. The molecule has 0 fully saturated rings. The van der Waals surface area contributed by atoms with Crippen LogP contribution in [0.25, 0.3) is 0 Å². The van der Waals surface area contributed by atoms with Gasteiger partial charge in [0.25, 0.3) is 5.91 Å². The zero-order chi connectivity index (χ0) is 25.3. The molecule has 0 unspecified atom stereocenters. The lowest BCUT2D eigenvalue weighted by atomic mass is 10.1. The largest absolute Gasteiger partial charge is 0.418 e. The van der Waals surface area contributed by atoms with E-state index in [-0.39, 0.29) is 22.5 Å². The fraction of sp³-hybridized carbons (Fsp3) is 0.154. The van der Waals surface area contributed by atoms with Gasteiger partial charge in [0.05, 0.1) is 22.7 Å². The number of amides is 2. The highest BCUT2D eigenvalue weighted by molar-refractivity contribution is 8.14. The number of anilines is 1. The lowest BCUT2D eigenvalue weighted by Crippen LogP contribution is -2.41. The number of carbonyl (C=O) groups is 2. The van der Waals surface area contributed by atoms with Crippen LogP contribution in [0.2, 0.25) is 0 Å². The maximum atomic E-state index is 13.3. The molecular weight excluding hydrogens is 489 g/mol. The Morgan fingerprint density at radius 2 is 1.67 bits per heavy atom. The van der Waals surface area contributed by atoms with E-state index in [0.29, 0.717) is 23.5 Å². The van der Waals surface area contributed by atoms with E-state index in [1.165, 1.54) is 23.1 Å². The summed E-state index contributed by atoms with van der Waals surface area (Å²) in [5.41, 5.74) is 1.01. The second kappa shape index (κ2) is 9.62. The molecule has 10 heteroatoms. The molecule has 2 aliphatic rings. The zero-order valence-electron chi connectivity index (χ0n) is 18.7. The summed E-state index contributed by atoms with van der Waals surface area (Å²) in [6.07, 6.45) is -4.19. The number of nitrogens with zero attached hydrogens (tertiary/aromatic N) is 3. The number of para-hydroxylation sites is 2. The number of hydrogen-bond donors (Lipinski definition) is 1. The number of carbonyl (C=O) groups excluding carboxylic acids is 2. The highest BCUT2D eigenvalue weighted by atomic mass is 32.2. The van der Waals surface area contributed by atoms with Gasteiger partial charge < -0.3 is 5.32 Å². The fourth-order valence-electron chi connectivity index (χ4n) is 4.02. The molecule has 36 heavy (non-hydrogen) atoms. The van der Waals surface area contributed by atoms with Crippen LogP contribution in [-0.4, -0.2) is 39.5 Å². The Labute approximate surface area is 208 Å². The topological polar surface area (TPSA) is 74.1 Å². The Balaban J connectivity index is 1.36. The van der Waals surface area contributed by atoms with E-state index in [9.17, 15) is 22.8 Å². The van der Waals surface area contributed by atoms with Crippen molar-refractivity contribution in [3.63, 3.8) is 0 Å². The second-order valence-electron chi connectivity index (χ2n) is 8.12. The third-order valence-electron chi connectivity index (χ3n) is 5.66. The van der Waals surface area contributed by atoms with E-state index in [0.717, 1.165) is 23.4 Å². The first-order valence-corrected chi connectivity index (χ1v) is 12.0. The average Bonchev–Trinajstić information content (AvgIpc) is 3.19. The molecule has 0 aromatic heterocycles. The van der Waals surface area contributed by atoms with Gasteiger partial charge in [-0.3, -0.25) is 14.6 Å². The van der Waals surface area contributed by atoms with Crippen LogP contribution in [-0.2, 0) is 22.2 Å². The Bertz CT molecular complexity index is 1390. The molecule has 2 aliphatic heterocycles. The van der Waals surface area contributed by atoms with Crippen LogP contribution in [0.5, 0.6) is 0 Å². The molecule has 0 saturated heterocycles. The minimum absolute atomic E-state index is 0.242. The highest BCUT2D eigenvalue weighted by Gasteiger charge is 2.41. The first-order valence-electron chi connectivity index (χ1n) is 11.0. The van der Waals surface area contributed by atoms with Crippen molar-refractivity contribution in [2.75, 3.05) is 11.1 Å². The molecule has 5 rings (SSSR count). The molecule has 182 valence electrons. The lowest BCUT2D eigenvalue weighted by molar-refractivity contribution is -0.137. The van der Waals surface area contributed by atoms with Crippen molar-refractivity contribution in [2.24, 2.45) is 9.98 Å². The van der Waals surface area contributed by atoms with Gasteiger partial charge in [0.2, 0.25) is 5.91 Å².